The van der Waals surface area contributed by atoms with Gasteiger partial charge in [0.25, 0.3) is 0 Å². The van der Waals surface area contributed by atoms with E-state index in [0.717, 1.165) is 0 Å². The van der Waals surface area contributed by atoms with Crippen molar-refractivity contribution in [2.24, 2.45) is 0 Å². The van der Waals surface area contributed by atoms with Crippen molar-refractivity contribution in [3.8, 4) is 0 Å². The first-order chi connectivity index (χ1) is 8.82. The van der Waals surface area contributed by atoms with Crippen LogP contribution in [0.4, 0.5) is 0 Å². The van der Waals surface area contributed by atoms with E-state index in [2.05, 4.69) is 5.32 Å². The Bertz CT molecular complexity index is 349. The summed E-state index contributed by atoms with van der Waals surface area (Å²) in [6.45, 7) is 3.01. The molecule has 0 heterocycles. The van der Waals surface area contributed by atoms with Crippen molar-refractivity contribution < 1.29 is 24.9 Å². The highest BCUT2D eigenvalue weighted by Crippen LogP contribution is 1.97. The van der Waals surface area contributed by atoms with E-state index in [1.165, 1.54) is 13.0 Å². The van der Waals surface area contributed by atoms with Crippen LogP contribution in [-0.2, 0) is 9.59 Å². The van der Waals surface area contributed by atoms with Gasteiger partial charge in [0.05, 0.1) is 18.6 Å². The molecule has 19 heavy (non-hydrogen) atoms. The quantitative estimate of drug-likeness (QED) is 0.472. The summed E-state index contributed by atoms with van der Waals surface area (Å²) in [5.41, 5.74) is 0. The number of carbonyl (C=O) groups is 2. The molecule has 0 spiro atoms. The molecule has 6 heteroatoms. The molecular weight excluding hydrogens is 250 g/mol. The minimum atomic E-state index is -1.13. The van der Waals surface area contributed by atoms with Crippen molar-refractivity contribution in [3.05, 3.63) is 24.3 Å². The summed E-state index contributed by atoms with van der Waals surface area (Å²) in [6.07, 6.45) is 5.31. The van der Waals surface area contributed by atoms with E-state index in [9.17, 15) is 14.7 Å². The van der Waals surface area contributed by atoms with Crippen molar-refractivity contribution in [1.29, 1.82) is 0 Å². The lowest BCUT2D eigenvalue weighted by molar-refractivity contribution is -0.141. The van der Waals surface area contributed by atoms with Crippen LogP contribution in [0.25, 0.3) is 0 Å². The summed E-state index contributed by atoms with van der Waals surface area (Å²) < 4.78 is 0. The Hall–Kier alpha value is -1.66. The third-order valence-electron chi connectivity index (χ3n) is 2.20. The molecule has 0 aliphatic carbocycles. The third kappa shape index (κ3) is 9.99. The monoisotopic (exact) mass is 271 g/mol. The van der Waals surface area contributed by atoms with Gasteiger partial charge in [0.2, 0.25) is 5.91 Å². The number of carboxylic acids is 1. The summed E-state index contributed by atoms with van der Waals surface area (Å²) in [6, 6.07) is -0.977. The fourth-order valence-electron chi connectivity index (χ4n) is 1.17. The normalized spacial score (nSPS) is 16.4. The summed E-state index contributed by atoms with van der Waals surface area (Å²) in [4.78, 5) is 21.8. The van der Waals surface area contributed by atoms with Gasteiger partial charge in [-0.25, -0.2) is 0 Å². The van der Waals surface area contributed by atoms with E-state index in [0.29, 0.717) is 6.42 Å². The van der Waals surface area contributed by atoms with Crippen LogP contribution in [0.15, 0.2) is 24.3 Å². The van der Waals surface area contributed by atoms with E-state index in [-0.39, 0.29) is 6.42 Å². The fourth-order valence-corrected chi connectivity index (χ4v) is 1.17. The third-order valence-corrected chi connectivity index (χ3v) is 2.20. The van der Waals surface area contributed by atoms with Crippen LogP contribution in [-0.4, -0.2) is 45.4 Å². The van der Waals surface area contributed by atoms with Gasteiger partial charge in [0.1, 0.15) is 6.04 Å². The van der Waals surface area contributed by atoms with Gasteiger partial charge in [0.15, 0.2) is 0 Å². The predicted octanol–water partition coefficient (Wildman–Crippen LogP) is 0.210. The highest BCUT2D eigenvalue weighted by Gasteiger charge is 2.15. The molecule has 0 aliphatic rings. The zero-order valence-corrected chi connectivity index (χ0v) is 11.1. The zero-order chi connectivity index (χ0) is 14.8. The second-order valence-corrected chi connectivity index (χ2v) is 4.30. The van der Waals surface area contributed by atoms with Crippen molar-refractivity contribution in [3.63, 3.8) is 0 Å². The number of nitrogens with one attached hydrogen (secondary N) is 1. The Morgan fingerprint density at radius 2 is 1.84 bits per heavy atom. The molecule has 0 aliphatic heterocycles. The van der Waals surface area contributed by atoms with Crippen LogP contribution >= 0.6 is 0 Å². The minimum absolute atomic E-state index is 0.196. The number of carbonyl (C=O) groups excluding carboxylic acids is 1. The van der Waals surface area contributed by atoms with Gasteiger partial charge in [-0.15, -0.1) is 0 Å². The molecular formula is C13H21NO5. The van der Waals surface area contributed by atoms with Crippen LogP contribution < -0.4 is 5.32 Å². The van der Waals surface area contributed by atoms with Gasteiger partial charge in [-0.05, 0) is 20.3 Å². The number of hydrogen-bond acceptors (Lipinski definition) is 4. The first-order valence-electron chi connectivity index (χ1n) is 6.04. The molecule has 0 radical (unpaired) electrons. The highest BCUT2D eigenvalue weighted by molar-refractivity contribution is 5.83. The molecule has 6 nitrogen and oxygen atoms in total. The van der Waals surface area contributed by atoms with Gasteiger partial charge in [-0.3, -0.25) is 9.59 Å². The van der Waals surface area contributed by atoms with E-state index in [1.807, 2.05) is 0 Å². The molecule has 1 amide bonds. The van der Waals surface area contributed by atoms with Gasteiger partial charge < -0.3 is 20.6 Å². The highest BCUT2D eigenvalue weighted by atomic mass is 16.4. The molecule has 0 saturated heterocycles. The van der Waals surface area contributed by atoms with Crippen LogP contribution in [0.2, 0.25) is 0 Å². The summed E-state index contributed by atoms with van der Waals surface area (Å²) in [7, 11) is 0. The number of carboxylic acid groups (broad SMARTS) is 1. The van der Waals surface area contributed by atoms with Crippen molar-refractivity contribution in [2.75, 3.05) is 0 Å². The Morgan fingerprint density at radius 1 is 1.21 bits per heavy atom. The first kappa shape index (κ1) is 17.3. The maximum Gasteiger partial charge on any atom is 0.325 e. The van der Waals surface area contributed by atoms with Gasteiger partial charge in [-0.1, -0.05) is 24.3 Å². The number of aliphatic hydroxyl groups excluding tert-OH is 2. The minimum Gasteiger partial charge on any atom is -0.480 e. The summed E-state index contributed by atoms with van der Waals surface area (Å²) >= 11 is 0. The van der Waals surface area contributed by atoms with E-state index >= 15 is 0 Å². The lowest BCUT2D eigenvalue weighted by Crippen LogP contribution is -2.39. The topological polar surface area (TPSA) is 107 Å². The molecule has 0 saturated carbocycles. The molecule has 0 aromatic heterocycles. The SMILES string of the molecule is CC(O)C/C=C/C=C/C(O)CC(=O)NC(C)C(=O)O. The average Bonchev–Trinajstić information content (AvgIpc) is 2.27. The lowest BCUT2D eigenvalue weighted by Gasteiger charge is -2.10. The molecule has 0 aromatic rings. The summed E-state index contributed by atoms with van der Waals surface area (Å²) in [5, 5.41) is 29.3. The first-order valence-corrected chi connectivity index (χ1v) is 6.04. The standard InChI is InChI=1S/C13H21NO5/c1-9(15)6-4-3-5-7-11(16)8-12(17)14-10(2)13(18)19/h3-5,7,9-11,15-16H,6,8H2,1-2H3,(H,14,17)(H,18,19)/b4-3+,7-5+. The van der Waals surface area contributed by atoms with E-state index < -0.39 is 30.1 Å². The van der Waals surface area contributed by atoms with Crippen molar-refractivity contribution >= 4 is 11.9 Å². The van der Waals surface area contributed by atoms with Crippen LogP contribution in [0.1, 0.15) is 26.7 Å². The Balaban J connectivity index is 4.00. The van der Waals surface area contributed by atoms with Gasteiger partial charge >= 0.3 is 5.97 Å². The average molecular weight is 271 g/mol. The number of aliphatic carboxylic acids is 1. The molecule has 4 N–H and O–H groups in total. The molecule has 0 bridgehead atoms. The fraction of sp³-hybridized carbons (Fsp3) is 0.538. The second-order valence-electron chi connectivity index (χ2n) is 4.30. The van der Waals surface area contributed by atoms with Gasteiger partial charge in [0, 0.05) is 0 Å². The van der Waals surface area contributed by atoms with Crippen molar-refractivity contribution in [2.45, 2.75) is 44.9 Å². The predicted molar refractivity (Wildman–Crippen MR) is 70.4 cm³/mol. The number of amides is 1. The van der Waals surface area contributed by atoms with Crippen molar-refractivity contribution in [1.82, 2.24) is 5.32 Å². The van der Waals surface area contributed by atoms with Crippen LogP contribution in [0, 0.1) is 0 Å². The molecule has 108 valence electrons. The maximum absolute atomic E-state index is 11.3. The molecule has 0 fully saturated rings. The molecule has 0 aromatic carbocycles. The number of rotatable bonds is 8. The van der Waals surface area contributed by atoms with E-state index in [4.69, 9.17) is 10.2 Å². The Morgan fingerprint density at radius 3 is 2.37 bits per heavy atom. The summed E-state index contributed by atoms with van der Waals surface area (Å²) in [5.74, 6) is -1.65. The molecule has 0 rings (SSSR count). The largest absolute Gasteiger partial charge is 0.480 e. The van der Waals surface area contributed by atoms with Gasteiger partial charge in [-0.2, -0.15) is 0 Å². The number of allylic oxidation sites excluding steroid dienone is 2. The Kier molecular flexibility index (Phi) is 8.48. The molecule has 3 atom stereocenters. The van der Waals surface area contributed by atoms with Crippen LogP contribution in [0.3, 0.4) is 0 Å². The Labute approximate surface area is 112 Å². The molecule has 3 unspecified atom stereocenters. The van der Waals surface area contributed by atoms with E-state index in [1.54, 1.807) is 25.2 Å². The lowest BCUT2D eigenvalue weighted by atomic mass is 10.2. The maximum atomic E-state index is 11.3. The number of hydrogen-bond donors (Lipinski definition) is 4. The number of aliphatic hydroxyl groups is 2. The van der Waals surface area contributed by atoms with Crippen LogP contribution in [0.5, 0.6) is 0 Å². The second kappa shape index (κ2) is 9.29. The zero-order valence-electron chi connectivity index (χ0n) is 11.1. The smallest absolute Gasteiger partial charge is 0.325 e.